The monoisotopic (exact) mass is 395 g/mol. The maximum atomic E-state index is 12.5. The lowest BCUT2D eigenvalue weighted by Gasteiger charge is -2.13. The maximum Gasteiger partial charge on any atom is 0.322 e. The van der Waals surface area contributed by atoms with Gasteiger partial charge in [0, 0.05) is 23.7 Å². The molecule has 4 N–H and O–H groups in total. The number of amides is 2. The zero-order valence-electron chi connectivity index (χ0n) is 15.3. The highest BCUT2D eigenvalue weighted by atomic mass is 16.4. The maximum absolute atomic E-state index is 12.5. The summed E-state index contributed by atoms with van der Waals surface area (Å²) in [5.41, 5.74) is -0.241. The Labute approximate surface area is 164 Å². The highest BCUT2D eigenvalue weighted by Gasteiger charge is 2.22. The lowest BCUT2D eigenvalue weighted by molar-refractivity contribution is -0.135. The van der Waals surface area contributed by atoms with Crippen molar-refractivity contribution in [1.29, 1.82) is 0 Å². The van der Waals surface area contributed by atoms with Gasteiger partial charge in [0.05, 0.1) is 5.52 Å². The van der Waals surface area contributed by atoms with Crippen LogP contribution in [0.15, 0.2) is 53.3 Å². The van der Waals surface area contributed by atoms with Crippen molar-refractivity contribution in [1.82, 2.24) is 9.88 Å². The van der Waals surface area contributed by atoms with E-state index in [1.54, 1.807) is 36.4 Å². The van der Waals surface area contributed by atoms with E-state index in [2.05, 4.69) is 10.6 Å². The second-order valence-electron chi connectivity index (χ2n) is 6.22. The Bertz CT molecular complexity index is 1180. The molecule has 0 aliphatic heterocycles. The minimum absolute atomic E-state index is 0.151. The van der Waals surface area contributed by atoms with Crippen LogP contribution in [-0.4, -0.2) is 39.1 Å². The number of carboxylic acid groups (broad SMARTS) is 1. The SMILES string of the molecule is Cn1c(=O)c(C(=O)NCC(=O)O)c(O)c2cc(NC(=O)c3ccccc3)ccc21. The predicted octanol–water partition coefficient (Wildman–Crippen LogP) is 1.31. The molecule has 0 saturated heterocycles. The smallest absolute Gasteiger partial charge is 0.322 e. The fraction of sp³-hybridized carbons (Fsp3) is 0.100. The molecule has 0 aliphatic rings. The fourth-order valence-electron chi connectivity index (χ4n) is 2.85. The van der Waals surface area contributed by atoms with Gasteiger partial charge in [0.2, 0.25) is 0 Å². The van der Waals surface area contributed by atoms with Crippen LogP contribution >= 0.6 is 0 Å². The van der Waals surface area contributed by atoms with E-state index in [1.807, 2.05) is 0 Å². The molecule has 1 heterocycles. The quantitative estimate of drug-likeness (QED) is 0.514. The third-order valence-electron chi connectivity index (χ3n) is 4.29. The number of carboxylic acids is 1. The van der Waals surface area contributed by atoms with Crippen molar-refractivity contribution in [2.24, 2.45) is 7.05 Å². The number of pyridine rings is 1. The van der Waals surface area contributed by atoms with Gasteiger partial charge in [0.15, 0.2) is 0 Å². The molecule has 0 unspecified atom stereocenters. The number of benzene rings is 2. The summed E-state index contributed by atoms with van der Waals surface area (Å²) in [5.74, 6) is -3.26. The van der Waals surface area contributed by atoms with Crippen molar-refractivity contribution in [3.63, 3.8) is 0 Å². The van der Waals surface area contributed by atoms with E-state index in [0.717, 1.165) is 4.57 Å². The Kier molecular flexibility index (Phi) is 5.31. The van der Waals surface area contributed by atoms with Crippen molar-refractivity contribution >= 4 is 34.4 Å². The zero-order chi connectivity index (χ0) is 21.1. The molecular weight excluding hydrogens is 378 g/mol. The molecule has 0 bridgehead atoms. The summed E-state index contributed by atoms with van der Waals surface area (Å²) in [4.78, 5) is 47.7. The number of aliphatic carboxylic acids is 1. The van der Waals surface area contributed by atoms with E-state index in [0.29, 0.717) is 16.8 Å². The van der Waals surface area contributed by atoms with Crippen LogP contribution in [0.5, 0.6) is 5.75 Å². The van der Waals surface area contributed by atoms with Crippen molar-refractivity contribution in [3.8, 4) is 5.75 Å². The number of hydrogen-bond acceptors (Lipinski definition) is 5. The normalized spacial score (nSPS) is 10.5. The van der Waals surface area contributed by atoms with Crippen LogP contribution in [-0.2, 0) is 11.8 Å². The fourth-order valence-corrected chi connectivity index (χ4v) is 2.85. The highest BCUT2D eigenvalue weighted by molar-refractivity contribution is 6.07. The van der Waals surface area contributed by atoms with Gasteiger partial charge < -0.3 is 25.4 Å². The first kappa shape index (κ1) is 19.6. The highest BCUT2D eigenvalue weighted by Crippen LogP contribution is 2.28. The molecule has 3 aromatic rings. The molecule has 0 radical (unpaired) electrons. The molecule has 2 amide bonds. The van der Waals surface area contributed by atoms with Gasteiger partial charge in [-0.3, -0.25) is 19.2 Å². The average molecular weight is 395 g/mol. The van der Waals surface area contributed by atoms with Gasteiger partial charge in [-0.2, -0.15) is 0 Å². The predicted molar refractivity (Wildman–Crippen MR) is 105 cm³/mol. The Balaban J connectivity index is 2.03. The summed E-state index contributed by atoms with van der Waals surface area (Å²) in [5, 5.41) is 24.1. The van der Waals surface area contributed by atoms with E-state index < -0.39 is 35.3 Å². The molecule has 29 heavy (non-hydrogen) atoms. The summed E-state index contributed by atoms with van der Waals surface area (Å²) in [6.07, 6.45) is 0. The number of nitrogens with zero attached hydrogens (tertiary/aromatic N) is 1. The number of aromatic nitrogens is 1. The number of nitrogens with one attached hydrogen (secondary N) is 2. The van der Waals surface area contributed by atoms with Crippen LogP contribution in [0, 0.1) is 0 Å². The largest absolute Gasteiger partial charge is 0.506 e. The number of carbonyl (C=O) groups is 3. The lowest BCUT2D eigenvalue weighted by Crippen LogP contribution is -2.35. The van der Waals surface area contributed by atoms with Crippen molar-refractivity contribution in [2.75, 3.05) is 11.9 Å². The first-order valence-corrected chi connectivity index (χ1v) is 8.51. The second-order valence-corrected chi connectivity index (χ2v) is 6.22. The Morgan fingerprint density at radius 1 is 1.03 bits per heavy atom. The number of fused-ring (bicyclic) bond motifs is 1. The van der Waals surface area contributed by atoms with Crippen molar-refractivity contribution in [3.05, 3.63) is 70.0 Å². The molecule has 0 saturated carbocycles. The third-order valence-corrected chi connectivity index (χ3v) is 4.29. The minimum Gasteiger partial charge on any atom is -0.506 e. The van der Waals surface area contributed by atoms with E-state index in [4.69, 9.17) is 5.11 Å². The molecule has 2 aromatic carbocycles. The summed E-state index contributed by atoms with van der Waals surface area (Å²) < 4.78 is 1.16. The van der Waals surface area contributed by atoms with Crippen molar-refractivity contribution in [2.45, 2.75) is 0 Å². The van der Waals surface area contributed by atoms with Gasteiger partial charge in [-0.25, -0.2) is 0 Å². The molecule has 9 heteroatoms. The number of aryl methyl sites for hydroxylation is 1. The number of hydrogen-bond donors (Lipinski definition) is 4. The molecular formula is C20H17N3O6. The lowest BCUT2D eigenvalue weighted by atomic mass is 10.1. The Morgan fingerprint density at radius 3 is 2.38 bits per heavy atom. The third kappa shape index (κ3) is 3.93. The van der Waals surface area contributed by atoms with Crippen LogP contribution in [0.1, 0.15) is 20.7 Å². The standard InChI is InChI=1S/C20H17N3O6/c1-23-14-8-7-12(22-18(27)11-5-3-2-4-6-11)9-13(14)17(26)16(20(23)29)19(28)21-10-15(24)25/h2-9,26H,10H2,1H3,(H,21,28)(H,22,27)(H,24,25). The average Bonchev–Trinajstić information content (AvgIpc) is 2.71. The molecule has 0 spiro atoms. The molecule has 0 fully saturated rings. The number of aromatic hydroxyl groups is 1. The van der Waals surface area contributed by atoms with Crippen LogP contribution in [0.3, 0.4) is 0 Å². The molecule has 0 atom stereocenters. The van der Waals surface area contributed by atoms with Crippen molar-refractivity contribution < 1.29 is 24.6 Å². The van der Waals surface area contributed by atoms with Crippen LogP contribution in [0.25, 0.3) is 10.9 Å². The number of anilines is 1. The van der Waals surface area contributed by atoms with Gasteiger partial charge in [-0.15, -0.1) is 0 Å². The summed E-state index contributed by atoms with van der Waals surface area (Å²) >= 11 is 0. The van der Waals surface area contributed by atoms with Gasteiger partial charge in [-0.1, -0.05) is 18.2 Å². The molecule has 148 valence electrons. The summed E-state index contributed by atoms with van der Waals surface area (Å²) in [6, 6.07) is 13.0. The topological polar surface area (TPSA) is 138 Å². The van der Waals surface area contributed by atoms with Gasteiger partial charge in [-0.05, 0) is 30.3 Å². The molecule has 0 aliphatic carbocycles. The number of carbonyl (C=O) groups excluding carboxylic acids is 2. The first-order chi connectivity index (χ1) is 13.8. The Hall–Kier alpha value is -4.14. The summed E-state index contributed by atoms with van der Waals surface area (Å²) in [6.45, 7) is -0.702. The Morgan fingerprint density at radius 2 is 1.72 bits per heavy atom. The zero-order valence-corrected chi connectivity index (χ0v) is 15.3. The second kappa shape index (κ2) is 7.85. The van der Waals surface area contributed by atoms with E-state index >= 15 is 0 Å². The van der Waals surface area contributed by atoms with E-state index in [9.17, 15) is 24.3 Å². The van der Waals surface area contributed by atoms with Gasteiger partial charge >= 0.3 is 5.97 Å². The summed E-state index contributed by atoms with van der Waals surface area (Å²) in [7, 11) is 1.42. The number of rotatable bonds is 5. The molecule has 9 nitrogen and oxygen atoms in total. The van der Waals surface area contributed by atoms with Gasteiger partial charge in [0.25, 0.3) is 17.4 Å². The minimum atomic E-state index is -1.29. The van der Waals surface area contributed by atoms with Crippen LogP contribution in [0.2, 0.25) is 0 Å². The van der Waals surface area contributed by atoms with Crippen LogP contribution < -0.4 is 16.2 Å². The van der Waals surface area contributed by atoms with E-state index in [-0.39, 0.29) is 11.3 Å². The first-order valence-electron chi connectivity index (χ1n) is 8.51. The molecule has 3 rings (SSSR count). The van der Waals surface area contributed by atoms with Crippen LogP contribution in [0.4, 0.5) is 5.69 Å². The molecule has 1 aromatic heterocycles. The van der Waals surface area contributed by atoms with E-state index in [1.165, 1.54) is 19.2 Å². The van der Waals surface area contributed by atoms with Gasteiger partial charge in [0.1, 0.15) is 17.9 Å².